The molecule has 2 aromatic rings. The molecule has 7 heteroatoms. The molecule has 0 aliphatic carbocycles. The van der Waals surface area contributed by atoms with Gasteiger partial charge in [0.15, 0.2) is 0 Å². The Hall–Kier alpha value is -1.56. The van der Waals surface area contributed by atoms with E-state index in [0.717, 1.165) is 62.3 Å². The van der Waals surface area contributed by atoms with Crippen LogP contribution in [0.2, 0.25) is 10.0 Å². The molecule has 1 aromatic heterocycles. The molecule has 1 fully saturated rings. The van der Waals surface area contributed by atoms with E-state index in [-0.39, 0.29) is 0 Å². The van der Waals surface area contributed by atoms with Crippen molar-refractivity contribution in [3.63, 3.8) is 0 Å². The molecule has 1 aliphatic rings. The Bertz CT molecular complexity index is 705. The third-order valence-corrected chi connectivity index (χ3v) is 4.44. The molecule has 0 atom stereocenters. The molecule has 1 N–H and O–H groups in total. The van der Waals surface area contributed by atoms with Crippen molar-refractivity contribution in [2.75, 3.05) is 43.1 Å². The summed E-state index contributed by atoms with van der Waals surface area (Å²) in [7, 11) is 0. The van der Waals surface area contributed by atoms with Crippen LogP contribution in [-0.4, -0.2) is 42.8 Å². The molecule has 0 saturated carbocycles. The predicted octanol–water partition coefficient (Wildman–Crippen LogP) is 3.58. The van der Waals surface area contributed by atoms with E-state index in [1.54, 1.807) is 6.07 Å². The third kappa shape index (κ3) is 4.50. The molecule has 3 rings (SSSR count). The lowest BCUT2D eigenvalue weighted by molar-refractivity contribution is 0.122. The number of morpholine rings is 1. The van der Waals surface area contributed by atoms with E-state index in [1.807, 2.05) is 25.1 Å². The van der Waals surface area contributed by atoms with Crippen molar-refractivity contribution in [1.82, 2.24) is 9.97 Å². The minimum Gasteiger partial charge on any atom is -0.378 e. The summed E-state index contributed by atoms with van der Waals surface area (Å²) in [4.78, 5) is 11.3. The summed E-state index contributed by atoms with van der Waals surface area (Å²) in [5.41, 5.74) is 2.01. The zero-order valence-corrected chi connectivity index (χ0v) is 15.1. The van der Waals surface area contributed by atoms with E-state index in [1.165, 1.54) is 0 Å². The van der Waals surface area contributed by atoms with Gasteiger partial charge in [-0.25, -0.2) is 4.98 Å². The number of nitrogens with one attached hydrogen (secondary N) is 1. The Morgan fingerprint density at radius 1 is 1.17 bits per heavy atom. The molecule has 0 spiro atoms. The Morgan fingerprint density at radius 3 is 2.71 bits per heavy atom. The summed E-state index contributed by atoms with van der Waals surface area (Å²) >= 11 is 12.1. The largest absolute Gasteiger partial charge is 0.378 e. The van der Waals surface area contributed by atoms with Crippen LogP contribution in [0.4, 0.5) is 11.8 Å². The standard InChI is InChI=1S/C17H20Cl2N4O/c1-12-10-16(22-17(21-12)23-6-8-24-9-7-23)20-5-4-13-2-3-14(18)11-15(13)19/h2-3,10-11H,4-9H2,1H3,(H,20,21,22). The molecule has 2 heterocycles. The minimum atomic E-state index is 0.651. The molecule has 1 aliphatic heterocycles. The van der Waals surface area contributed by atoms with Gasteiger partial charge in [-0.15, -0.1) is 0 Å². The number of anilines is 2. The van der Waals surface area contributed by atoms with Crippen molar-refractivity contribution in [2.24, 2.45) is 0 Å². The highest BCUT2D eigenvalue weighted by Crippen LogP contribution is 2.21. The van der Waals surface area contributed by atoms with Crippen LogP contribution in [0.1, 0.15) is 11.3 Å². The highest BCUT2D eigenvalue weighted by molar-refractivity contribution is 6.35. The quantitative estimate of drug-likeness (QED) is 0.876. The molecular formula is C17H20Cl2N4O. The second-order valence-corrected chi connectivity index (χ2v) is 6.55. The average molecular weight is 367 g/mol. The van der Waals surface area contributed by atoms with Gasteiger partial charge in [0.05, 0.1) is 13.2 Å². The number of halogens is 2. The van der Waals surface area contributed by atoms with Crippen molar-refractivity contribution in [2.45, 2.75) is 13.3 Å². The Kier molecular flexibility index (Phi) is 5.76. The van der Waals surface area contributed by atoms with E-state index in [0.29, 0.717) is 10.0 Å². The summed E-state index contributed by atoms with van der Waals surface area (Å²) < 4.78 is 5.38. The van der Waals surface area contributed by atoms with E-state index in [9.17, 15) is 0 Å². The highest BCUT2D eigenvalue weighted by Gasteiger charge is 2.14. The van der Waals surface area contributed by atoms with Crippen molar-refractivity contribution in [1.29, 1.82) is 0 Å². The number of ether oxygens (including phenoxy) is 1. The van der Waals surface area contributed by atoms with Crippen LogP contribution < -0.4 is 10.2 Å². The lowest BCUT2D eigenvalue weighted by Gasteiger charge is -2.27. The number of aryl methyl sites for hydroxylation is 1. The van der Waals surface area contributed by atoms with E-state index < -0.39 is 0 Å². The Balaban J connectivity index is 1.63. The summed E-state index contributed by atoms with van der Waals surface area (Å²) in [6.45, 7) is 5.80. The van der Waals surface area contributed by atoms with Crippen molar-refractivity contribution < 1.29 is 4.74 Å². The normalized spacial score (nSPS) is 14.7. The molecule has 5 nitrogen and oxygen atoms in total. The van der Waals surface area contributed by atoms with Gasteiger partial charge in [-0.2, -0.15) is 4.98 Å². The van der Waals surface area contributed by atoms with E-state index >= 15 is 0 Å². The molecule has 1 saturated heterocycles. The first-order chi connectivity index (χ1) is 11.6. The number of aromatic nitrogens is 2. The van der Waals surface area contributed by atoms with Crippen LogP contribution >= 0.6 is 23.2 Å². The van der Waals surface area contributed by atoms with Gasteiger partial charge in [0.25, 0.3) is 0 Å². The molecule has 0 amide bonds. The predicted molar refractivity (Wildman–Crippen MR) is 98.5 cm³/mol. The monoisotopic (exact) mass is 366 g/mol. The van der Waals surface area contributed by atoms with Gasteiger partial charge in [0.2, 0.25) is 5.95 Å². The SMILES string of the molecule is Cc1cc(NCCc2ccc(Cl)cc2Cl)nc(N2CCOCC2)n1. The van der Waals surface area contributed by atoms with Gasteiger partial charge < -0.3 is 15.0 Å². The second kappa shape index (κ2) is 8.01. The Labute approximate surface area is 152 Å². The number of hydrogen-bond donors (Lipinski definition) is 1. The number of hydrogen-bond acceptors (Lipinski definition) is 5. The van der Waals surface area contributed by atoms with Gasteiger partial charge in [-0.3, -0.25) is 0 Å². The van der Waals surface area contributed by atoms with Crippen LogP contribution in [0.15, 0.2) is 24.3 Å². The van der Waals surface area contributed by atoms with Crippen LogP contribution in [0.5, 0.6) is 0 Å². The van der Waals surface area contributed by atoms with Crippen LogP contribution in [0.3, 0.4) is 0 Å². The summed E-state index contributed by atoms with van der Waals surface area (Å²) in [6.07, 6.45) is 0.798. The lowest BCUT2D eigenvalue weighted by Crippen LogP contribution is -2.37. The molecular weight excluding hydrogens is 347 g/mol. The Morgan fingerprint density at radius 2 is 1.96 bits per heavy atom. The smallest absolute Gasteiger partial charge is 0.227 e. The van der Waals surface area contributed by atoms with Crippen LogP contribution in [0, 0.1) is 6.92 Å². The maximum atomic E-state index is 6.21. The van der Waals surface area contributed by atoms with E-state index in [4.69, 9.17) is 27.9 Å². The average Bonchev–Trinajstić information content (AvgIpc) is 2.57. The fourth-order valence-electron chi connectivity index (χ4n) is 2.60. The van der Waals surface area contributed by atoms with Crippen molar-refractivity contribution in [3.05, 3.63) is 45.6 Å². The fourth-order valence-corrected chi connectivity index (χ4v) is 3.10. The zero-order chi connectivity index (χ0) is 16.9. The van der Waals surface area contributed by atoms with Crippen molar-refractivity contribution in [3.8, 4) is 0 Å². The minimum absolute atomic E-state index is 0.651. The number of nitrogens with zero attached hydrogens (tertiary/aromatic N) is 3. The maximum absolute atomic E-state index is 6.21. The molecule has 0 radical (unpaired) electrons. The van der Waals surface area contributed by atoms with Crippen LogP contribution in [0.25, 0.3) is 0 Å². The zero-order valence-electron chi connectivity index (χ0n) is 13.6. The van der Waals surface area contributed by atoms with Crippen molar-refractivity contribution >= 4 is 35.0 Å². The summed E-state index contributed by atoms with van der Waals surface area (Å²) in [5, 5.41) is 4.70. The lowest BCUT2D eigenvalue weighted by atomic mass is 10.1. The van der Waals surface area contributed by atoms with Gasteiger partial charge in [0.1, 0.15) is 5.82 Å². The van der Waals surface area contributed by atoms with Gasteiger partial charge in [-0.1, -0.05) is 29.3 Å². The van der Waals surface area contributed by atoms with Crippen LogP contribution in [-0.2, 0) is 11.2 Å². The topological polar surface area (TPSA) is 50.3 Å². The number of rotatable bonds is 5. The third-order valence-electron chi connectivity index (χ3n) is 3.85. The van der Waals surface area contributed by atoms with Gasteiger partial charge >= 0.3 is 0 Å². The first-order valence-electron chi connectivity index (χ1n) is 7.98. The number of benzene rings is 1. The van der Waals surface area contributed by atoms with Gasteiger partial charge in [0, 0.05) is 41.4 Å². The molecule has 128 valence electrons. The molecule has 0 bridgehead atoms. The maximum Gasteiger partial charge on any atom is 0.227 e. The first-order valence-corrected chi connectivity index (χ1v) is 8.73. The molecule has 0 unspecified atom stereocenters. The molecule has 1 aromatic carbocycles. The van der Waals surface area contributed by atoms with Gasteiger partial charge in [-0.05, 0) is 31.0 Å². The highest BCUT2D eigenvalue weighted by atomic mass is 35.5. The second-order valence-electron chi connectivity index (χ2n) is 5.71. The first kappa shape index (κ1) is 17.3. The fraction of sp³-hybridized carbons (Fsp3) is 0.412. The molecule has 24 heavy (non-hydrogen) atoms. The summed E-state index contributed by atoms with van der Waals surface area (Å²) in [5.74, 6) is 1.58. The summed E-state index contributed by atoms with van der Waals surface area (Å²) in [6, 6.07) is 7.53. The van der Waals surface area contributed by atoms with E-state index in [2.05, 4.69) is 20.2 Å².